The van der Waals surface area contributed by atoms with Gasteiger partial charge in [-0.15, -0.1) is 0 Å². The number of halogens is 2. The summed E-state index contributed by atoms with van der Waals surface area (Å²) in [4.78, 5) is 9.93. The molecule has 0 amide bonds. The molecule has 0 aromatic carbocycles. The Morgan fingerprint density at radius 3 is 2.09 bits per heavy atom. The molecule has 11 heavy (non-hydrogen) atoms. The molecule has 2 nitrogen and oxygen atoms in total. The number of rotatable bonds is 2. The van der Waals surface area contributed by atoms with Crippen molar-refractivity contribution >= 4 is 5.97 Å². The smallest absolute Gasteiger partial charge is 0.302 e. The molecule has 0 fully saturated rings. The fourth-order valence-corrected chi connectivity index (χ4v) is 0.176. The van der Waals surface area contributed by atoms with Gasteiger partial charge in [-0.25, -0.2) is 0 Å². The van der Waals surface area contributed by atoms with Crippen LogP contribution in [0, 0.1) is 0 Å². The Hall–Kier alpha value is -1.19. The summed E-state index contributed by atoms with van der Waals surface area (Å²) >= 11 is 0. The maximum absolute atomic E-state index is 10.1. The van der Waals surface area contributed by atoms with Crippen LogP contribution in [0.1, 0.15) is 6.92 Å². The van der Waals surface area contributed by atoms with E-state index in [1.54, 1.807) is 0 Å². The summed E-state index contributed by atoms with van der Waals surface area (Å²) in [6, 6.07) is 0. The first kappa shape index (κ1) is 12.5. The summed E-state index contributed by atoms with van der Waals surface area (Å²) in [7, 11) is 0. The molecule has 0 aliphatic heterocycles. The van der Waals surface area contributed by atoms with E-state index in [0.717, 1.165) is 0 Å². The minimum Gasteiger partial charge on any atom is -0.462 e. The lowest BCUT2D eigenvalue weighted by Crippen LogP contribution is -1.96. The predicted octanol–water partition coefficient (Wildman–Crippen LogP) is 2.13. The van der Waals surface area contributed by atoms with Crippen molar-refractivity contribution in [1.29, 1.82) is 0 Å². The van der Waals surface area contributed by atoms with Crippen molar-refractivity contribution in [2.45, 2.75) is 6.92 Å². The quantitative estimate of drug-likeness (QED) is 0.461. The molecule has 0 N–H and O–H groups in total. The summed E-state index contributed by atoms with van der Waals surface area (Å²) in [5, 5.41) is 0. The molecule has 0 saturated heterocycles. The first-order chi connectivity index (χ1) is 5.00. The van der Waals surface area contributed by atoms with Gasteiger partial charge in [0.15, 0.2) is 0 Å². The van der Waals surface area contributed by atoms with Crippen molar-refractivity contribution in [2.24, 2.45) is 0 Å². The molecule has 0 aliphatic carbocycles. The van der Waals surface area contributed by atoms with E-state index in [2.05, 4.69) is 17.9 Å². The van der Waals surface area contributed by atoms with E-state index in [1.807, 2.05) is 0 Å². The molecule has 0 aliphatic rings. The Morgan fingerprint density at radius 2 is 2.00 bits per heavy atom. The molecule has 64 valence electrons. The van der Waals surface area contributed by atoms with Crippen LogP contribution in [-0.2, 0) is 9.53 Å². The summed E-state index contributed by atoms with van der Waals surface area (Å²) in [6.45, 7) is 7.26. The van der Waals surface area contributed by atoms with Crippen LogP contribution >= 0.6 is 0 Å². The molecule has 0 unspecified atom stereocenters. The molecule has 0 bridgehead atoms. The van der Waals surface area contributed by atoms with E-state index in [0.29, 0.717) is 6.61 Å². The first-order valence-electron chi connectivity index (χ1n) is 2.74. The average molecular weight is 164 g/mol. The van der Waals surface area contributed by atoms with E-state index in [-0.39, 0.29) is 5.97 Å². The molecule has 4 heteroatoms. The van der Waals surface area contributed by atoms with E-state index in [9.17, 15) is 13.6 Å². The molecule has 0 radical (unpaired) electrons. The van der Waals surface area contributed by atoms with Crippen molar-refractivity contribution < 1.29 is 18.3 Å². The number of carbonyl (C=O) groups excluding carboxylic acids is 1. The standard InChI is InChI=1S/C5H8O2.C2H2F2/c1-3-4-7-5(2)6;1-2(3)4/h3H,1,4H2,2H3;1H2. The molecule has 0 saturated carbocycles. The lowest BCUT2D eigenvalue weighted by atomic mass is 10.7. The number of ether oxygens (including phenoxy) is 1. The van der Waals surface area contributed by atoms with Gasteiger partial charge in [-0.05, 0) is 6.58 Å². The molecular formula is C7H10F2O2. The lowest BCUT2D eigenvalue weighted by Gasteiger charge is -1.90. The highest BCUT2D eigenvalue weighted by Gasteiger charge is 1.83. The van der Waals surface area contributed by atoms with Gasteiger partial charge >= 0.3 is 5.97 Å². The van der Waals surface area contributed by atoms with Gasteiger partial charge in [-0.1, -0.05) is 12.7 Å². The third-order valence-corrected chi connectivity index (χ3v) is 0.404. The van der Waals surface area contributed by atoms with Crippen molar-refractivity contribution in [3.63, 3.8) is 0 Å². The largest absolute Gasteiger partial charge is 0.462 e. The van der Waals surface area contributed by atoms with Gasteiger partial charge in [0, 0.05) is 6.92 Å². The second-order valence-corrected chi connectivity index (χ2v) is 1.43. The average Bonchev–Trinajstić information content (AvgIpc) is 1.82. The third kappa shape index (κ3) is 51.7. The van der Waals surface area contributed by atoms with Crippen LogP contribution in [0.5, 0.6) is 0 Å². The van der Waals surface area contributed by atoms with Crippen LogP contribution in [-0.4, -0.2) is 12.6 Å². The molecule has 0 aromatic rings. The fourth-order valence-electron chi connectivity index (χ4n) is 0.176. The Labute approximate surface area is 64.2 Å². The van der Waals surface area contributed by atoms with Gasteiger partial charge in [0.1, 0.15) is 6.61 Å². The Bertz CT molecular complexity index is 139. The molecule has 0 spiro atoms. The van der Waals surface area contributed by atoms with Crippen LogP contribution in [0.15, 0.2) is 25.3 Å². The van der Waals surface area contributed by atoms with E-state index < -0.39 is 6.08 Å². The van der Waals surface area contributed by atoms with Crippen molar-refractivity contribution in [2.75, 3.05) is 6.61 Å². The maximum atomic E-state index is 10.1. The van der Waals surface area contributed by atoms with Crippen molar-refractivity contribution in [3.8, 4) is 0 Å². The number of hydrogen-bond acceptors (Lipinski definition) is 2. The van der Waals surface area contributed by atoms with Crippen LogP contribution in [0.4, 0.5) is 8.78 Å². The minimum absolute atomic E-state index is 0.264. The number of esters is 1. The van der Waals surface area contributed by atoms with Gasteiger partial charge in [-0.2, -0.15) is 8.78 Å². The Morgan fingerprint density at radius 1 is 1.64 bits per heavy atom. The Balaban J connectivity index is 0. The van der Waals surface area contributed by atoms with E-state index >= 15 is 0 Å². The fraction of sp³-hybridized carbons (Fsp3) is 0.286. The zero-order chi connectivity index (χ0) is 9.28. The van der Waals surface area contributed by atoms with E-state index in [1.165, 1.54) is 13.0 Å². The molecule has 0 heterocycles. The molecular weight excluding hydrogens is 154 g/mol. The van der Waals surface area contributed by atoms with E-state index in [4.69, 9.17) is 0 Å². The SMILES string of the molecule is C=C(F)F.C=CCOC(C)=O. The first-order valence-corrected chi connectivity index (χ1v) is 2.74. The summed E-state index contributed by atoms with van der Waals surface area (Å²) in [5.41, 5.74) is 0. The maximum Gasteiger partial charge on any atom is 0.302 e. The normalized spacial score (nSPS) is 7.18. The van der Waals surface area contributed by atoms with Crippen LogP contribution in [0.3, 0.4) is 0 Å². The topological polar surface area (TPSA) is 26.3 Å². The zero-order valence-corrected chi connectivity index (χ0v) is 6.27. The highest BCUT2D eigenvalue weighted by atomic mass is 19.3. The Kier molecular flexibility index (Phi) is 10.00. The number of hydrogen-bond donors (Lipinski definition) is 0. The van der Waals surface area contributed by atoms with Gasteiger partial charge in [0.05, 0.1) is 0 Å². The number of carbonyl (C=O) groups is 1. The third-order valence-electron chi connectivity index (χ3n) is 0.404. The monoisotopic (exact) mass is 164 g/mol. The van der Waals surface area contributed by atoms with Crippen molar-refractivity contribution in [3.05, 3.63) is 25.3 Å². The lowest BCUT2D eigenvalue weighted by molar-refractivity contribution is -0.139. The van der Waals surface area contributed by atoms with Gasteiger partial charge in [-0.3, -0.25) is 4.79 Å². The van der Waals surface area contributed by atoms with Crippen LogP contribution in [0.2, 0.25) is 0 Å². The van der Waals surface area contributed by atoms with Crippen molar-refractivity contribution in [1.82, 2.24) is 0 Å². The second-order valence-electron chi connectivity index (χ2n) is 1.43. The predicted molar refractivity (Wildman–Crippen MR) is 38.2 cm³/mol. The highest BCUT2D eigenvalue weighted by molar-refractivity contribution is 5.65. The van der Waals surface area contributed by atoms with Crippen LogP contribution < -0.4 is 0 Å². The van der Waals surface area contributed by atoms with Gasteiger partial charge < -0.3 is 4.74 Å². The van der Waals surface area contributed by atoms with Crippen LogP contribution in [0.25, 0.3) is 0 Å². The summed E-state index contributed by atoms with van der Waals surface area (Å²) in [5.74, 6) is -0.264. The minimum atomic E-state index is -1.83. The highest BCUT2D eigenvalue weighted by Crippen LogP contribution is 1.85. The molecule has 0 aromatic heterocycles. The van der Waals surface area contributed by atoms with Gasteiger partial charge in [0.2, 0.25) is 0 Å². The molecule has 0 atom stereocenters. The second kappa shape index (κ2) is 8.81. The summed E-state index contributed by atoms with van der Waals surface area (Å²) in [6.07, 6.45) is -0.304. The molecule has 0 rings (SSSR count). The summed E-state index contributed by atoms with van der Waals surface area (Å²) < 4.78 is 24.7. The zero-order valence-electron chi connectivity index (χ0n) is 6.27. The van der Waals surface area contributed by atoms with Gasteiger partial charge in [0.25, 0.3) is 6.08 Å².